The van der Waals surface area contributed by atoms with Crippen molar-refractivity contribution in [3.05, 3.63) is 78.0 Å². The Bertz CT molecular complexity index is 763. The molecule has 20 heavy (non-hydrogen) atoms. The normalized spacial score (nSPS) is 10.9. The van der Waals surface area contributed by atoms with Gasteiger partial charge in [0.1, 0.15) is 5.75 Å². The lowest BCUT2D eigenvalue weighted by Crippen LogP contribution is -1.93. The largest absolute Gasteiger partial charge is 0.505 e. The highest BCUT2D eigenvalue weighted by Crippen LogP contribution is 2.30. The van der Waals surface area contributed by atoms with Crippen LogP contribution >= 0.6 is 0 Å². The van der Waals surface area contributed by atoms with Crippen molar-refractivity contribution < 1.29 is 5.11 Å². The van der Waals surface area contributed by atoms with Crippen LogP contribution in [-0.4, -0.2) is 10.1 Å². The summed E-state index contributed by atoms with van der Waals surface area (Å²) in [6.07, 6.45) is 0.851. The molecule has 0 aliphatic heterocycles. The highest BCUT2D eigenvalue weighted by Gasteiger charge is 2.09. The highest BCUT2D eigenvalue weighted by atomic mass is 16.3. The van der Waals surface area contributed by atoms with Gasteiger partial charge in [-0.15, -0.1) is 0 Å². The van der Waals surface area contributed by atoms with Crippen LogP contribution in [0.25, 0.3) is 10.8 Å². The van der Waals surface area contributed by atoms with Gasteiger partial charge in [0.05, 0.1) is 5.69 Å². The Kier molecular flexibility index (Phi) is 3.15. The molecule has 0 bridgehead atoms. The zero-order valence-corrected chi connectivity index (χ0v) is 11.4. The van der Waals surface area contributed by atoms with Crippen molar-refractivity contribution in [2.75, 3.05) is 0 Å². The van der Waals surface area contributed by atoms with Gasteiger partial charge in [0, 0.05) is 16.5 Å². The van der Waals surface area contributed by atoms with Crippen molar-refractivity contribution >= 4 is 10.8 Å². The van der Waals surface area contributed by atoms with Gasteiger partial charge in [0.15, 0.2) is 0 Å². The first-order chi connectivity index (χ1) is 9.65. The van der Waals surface area contributed by atoms with Crippen LogP contribution in [0.4, 0.5) is 0 Å². The van der Waals surface area contributed by atoms with E-state index in [0.717, 1.165) is 22.9 Å². The van der Waals surface area contributed by atoms with Crippen LogP contribution in [0.2, 0.25) is 0 Å². The summed E-state index contributed by atoms with van der Waals surface area (Å²) in [6.45, 7) is 5.72. The smallest absolute Gasteiger partial charge is 0.144 e. The predicted octanol–water partition coefficient (Wildman–Crippen LogP) is 4.02. The maximum absolute atomic E-state index is 10.1. The zero-order valence-electron chi connectivity index (χ0n) is 11.4. The van der Waals surface area contributed by atoms with Gasteiger partial charge in [0.25, 0.3) is 0 Å². The molecule has 3 rings (SSSR count). The third-order valence-electron chi connectivity index (χ3n) is 3.56. The highest BCUT2D eigenvalue weighted by molar-refractivity contribution is 5.91. The summed E-state index contributed by atoms with van der Waals surface area (Å²) in [6, 6.07) is 16.4. The minimum atomic E-state index is 0.181. The van der Waals surface area contributed by atoms with Crippen LogP contribution in [0.5, 0.6) is 5.75 Å². The molecule has 99 valence electrons. The minimum Gasteiger partial charge on any atom is -0.505 e. The molecule has 1 aromatic heterocycles. The number of fused-ring (bicyclic) bond motifs is 1. The van der Waals surface area contributed by atoms with E-state index in [4.69, 9.17) is 0 Å². The van der Waals surface area contributed by atoms with Crippen LogP contribution < -0.4 is 0 Å². The van der Waals surface area contributed by atoms with Gasteiger partial charge in [-0.2, -0.15) is 0 Å². The van der Waals surface area contributed by atoms with Gasteiger partial charge in [-0.3, -0.25) is 4.98 Å². The molecule has 1 heterocycles. The summed E-state index contributed by atoms with van der Waals surface area (Å²) >= 11 is 0. The zero-order chi connectivity index (χ0) is 14.1. The Morgan fingerprint density at radius 3 is 2.50 bits per heavy atom. The molecular formula is C18H16NO. The Morgan fingerprint density at radius 2 is 1.75 bits per heavy atom. The van der Waals surface area contributed by atoms with Crippen LogP contribution in [0.1, 0.15) is 22.5 Å². The molecule has 1 N–H and O–H groups in total. The summed E-state index contributed by atoms with van der Waals surface area (Å²) < 4.78 is 0. The molecule has 0 saturated heterocycles. The van der Waals surface area contributed by atoms with Crippen molar-refractivity contribution in [2.45, 2.75) is 13.3 Å². The number of aromatic hydroxyl groups is 1. The quantitative estimate of drug-likeness (QED) is 0.756. The first-order valence-corrected chi connectivity index (χ1v) is 6.63. The maximum atomic E-state index is 10.1. The summed E-state index contributed by atoms with van der Waals surface area (Å²) in [5.74, 6) is 0.181. The lowest BCUT2D eigenvalue weighted by molar-refractivity contribution is 0.476. The van der Waals surface area contributed by atoms with Crippen molar-refractivity contribution in [2.24, 2.45) is 0 Å². The first-order valence-electron chi connectivity index (χ1n) is 6.63. The Balaban J connectivity index is 2.09. The fourth-order valence-corrected chi connectivity index (χ4v) is 2.52. The molecule has 3 aromatic rings. The number of nitrogens with zero attached hydrogens (tertiary/aromatic N) is 1. The molecule has 2 nitrogen and oxygen atoms in total. The van der Waals surface area contributed by atoms with Crippen LogP contribution in [0, 0.1) is 13.8 Å². The van der Waals surface area contributed by atoms with E-state index in [9.17, 15) is 5.11 Å². The average Bonchev–Trinajstić information content (AvgIpc) is 2.46. The molecular weight excluding hydrogens is 246 g/mol. The van der Waals surface area contributed by atoms with E-state index in [1.807, 2.05) is 37.3 Å². The molecule has 0 saturated carbocycles. The second-order valence-corrected chi connectivity index (χ2v) is 5.03. The fourth-order valence-electron chi connectivity index (χ4n) is 2.52. The number of hydrogen-bond acceptors (Lipinski definition) is 2. The number of pyridine rings is 1. The topological polar surface area (TPSA) is 33.1 Å². The molecule has 1 radical (unpaired) electrons. The Morgan fingerprint density at radius 1 is 1.00 bits per heavy atom. The summed E-state index contributed by atoms with van der Waals surface area (Å²) in [5, 5.41) is 12.0. The number of benzene rings is 2. The van der Waals surface area contributed by atoms with Gasteiger partial charge in [-0.05, 0) is 37.5 Å². The predicted molar refractivity (Wildman–Crippen MR) is 81.9 cm³/mol. The van der Waals surface area contributed by atoms with Crippen LogP contribution in [-0.2, 0) is 6.42 Å². The van der Waals surface area contributed by atoms with E-state index >= 15 is 0 Å². The van der Waals surface area contributed by atoms with Crippen molar-refractivity contribution in [1.82, 2.24) is 4.98 Å². The van der Waals surface area contributed by atoms with Gasteiger partial charge in [-0.25, -0.2) is 0 Å². The van der Waals surface area contributed by atoms with E-state index in [0.29, 0.717) is 5.69 Å². The Hall–Kier alpha value is -2.35. The van der Waals surface area contributed by atoms with E-state index in [1.54, 1.807) is 0 Å². The van der Waals surface area contributed by atoms with E-state index in [1.165, 1.54) is 11.1 Å². The number of rotatable bonds is 2. The summed E-state index contributed by atoms with van der Waals surface area (Å²) in [7, 11) is 0. The molecule has 0 spiro atoms. The van der Waals surface area contributed by atoms with E-state index in [-0.39, 0.29) is 5.75 Å². The van der Waals surface area contributed by atoms with Crippen molar-refractivity contribution in [1.29, 1.82) is 0 Å². The summed E-state index contributed by atoms with van der Waals surface area (Å²) in [4.78, 5) is 4.25. The van der Waals surface area contributed by atoms with Crippen molar-refractivity contribution in [3.63, 3.8) is 0 Å². The Labute approximate surface area is 118 Å². The average molecular weight is 262 g/mol. The molecule has 0 amide bonds. The molecule has 0 unspecified atom stereocenters. The number of hydrogen-bond donors (Lipinski definition) is 1. The SMILES string of the molecule is [CH2]c1nc(C)c2ccc(Cc3ccccc3)cc2c1O. The van der Waals surface area contributed by atoms with E-state index in [2.05, 4.69) is 30.1 Å². The monoisotopic (exact) mass is 262 g/mol. The number of aryl methyl sites for hydroxylation is 1. The van der Waals surface area contributed by atoms with Gasteiger partial charge >= 0.3 is 0 Å². The fraction of sp³-hybridized carbons (Fsp3) is 0.111. The van der Waals surface area contributed by atoms with Crippen molar-refractivity contribution in [3.8, 4) is 5.75 Å². The van der Waals surface area contributed by atoms with Crippen LogP contribution in [0.15, 0.2) is 48.5 Å². The standard InChI is InChI=1S/C18H16NO/c1-12-16-9-8-15(10-14-6-4-3-5-7-14)11-17(16)18(20)13(2)19-12/h3-9,11,20H,2,10H2,1H3. The van der Waals surface area contributed by atoms with Gasteiger partial charge < -0.3 is 5.11 Å². The lowest BCUT2D eigenvalue weighted by atomic mass is 10.00. The second-order valence-electron chi connectivity index (χ2n) is 5.03. The third-order valence-corrected chi connectivity index (χ3v) is 3.56. The first kappa shape index (κ1) is 12.7. The van der Waals surface area contributed by atoms with Gasteiger partial charge in [0.2, 0.25) is 0 Å². The number of aromatic nitrogens is 1. The van der Waals surface area contributed by atoms with Gasteiger partial charge in [-0.1, -0.05) is 42.5 Å². The molecule has 2 aromatic carbocycles. The molecule has 0 aliphatic rings. The molecule has 0 aliphatic carbocycles. The summed E-state index contributed by atoms with van der Waals surface area (Å²) in [5.41, 5.74) is 3.76. The van der Waals surface area contributed by atoms with E-state index < -0.39 is 0 Å². The second kappa shape index (κ2) is 4.97. The third kappa shape index (κ3) is 2.25. The lowest BCUT2D eigenvalue weighted by Gasteiger charge is -2.09. The molecule has 0 fully saturated rings. The maximum Gasteiger partial charge on any atom is 0.144 e. The minimum absolute atomic E-state index is 0.181. The molecule has 0 atom stereocenters. The van der Waals surface area contributed by atoms with Crippen LogP contribution in [0.3, 0.4) is 0 Å². The molecule has 2 heteroatoms.